The summed E-state index contributed by atoms with van der Waals surface area (Å²) >= 11 is 0. The van der Waals surface area contributed by atoms with Crippen molar-refractivity contribution >= 4 is 22.9 Å². The predicted molar refractivity (Wildman–Crippen MR) is 156 cm³/mol. The predicted octanol–water partition coefficient (Wildman–Crippen LogP) is 4.88. The molecule has 0 bridgehead atoms. The molecule has 3 heterocycles. The first-order valence-corrected chi connectivity index (χ1v) is 13.8. The quantitative estimate of drug-likeness (QED) is 0.352. The highest BCUT2D eigenvalue weighted by Crippen LogP contribution is 2.31. The Kier molecular flexibility index (Phi) is 6.28. The number of benzene rings is 4. The number of nitrogens with one attached hydrogen (secondary N) is 1. The normalized spacial score (nSPS) is 17.8. The van der Waals surface area contributed by atoms with Gasteiger partial charge in [-0.1, -0.05) is 54.6 Å². The second-order valence-corrected chi connectivity index (χ2v) is 10.6. The second kappa shape index (κ2) is 10.2. The lowest BCUT2D eigenvalue weighted by Gasteiger charge is -2.33. The third-order valence-corrected chi connectivity index (χ3v) is 8.08. The molecule has 0 spiro atoms. The van der Waals surface area contributed by atoms with Gasteiger partial charge in [0.25, 0.3) is 0 Å². The van der Waals surface area contributed by atoms with Crippen molar-refractivity contribution in [3.8, 4) is 0 Å². The number of aromatic amines is 1. The fraction of sp³-hybridized carbons (Fsp3) is 0.212. The van der Waals surface area contributed by atoms with Crippen LogP contribution in [0.15, 0.2) is 107 Å². The number of rotatable bonds is 5. The largest absolute Gasteiger partial charge is 0.326 e. The van der Waals surface area contributed by atoms with E-state index in [1.807, 2.05) is 53.2 Å². The van der Waals surface area contributed by atoms with Crippen molar-refractivity contribution in [1.29, 1.82) is 0 Å². The third kappa shape index (κ3) is 4.62. The zero-order chi connectivity index (χ0) is 27.1. The Bertz CT molecular complexity index is 1840. The average Bonchev–Trinajstić information content (AvgIpc) is 3.33. The SMILES string of the molecule is O=c1[nH]c2ccccc2n1C1CCN(Cc2ccc(N3C=c4cc(F)ccc4=NC3c3ccccc3)cc2)CC1. The average molecular weight is 532 g/mol. The van der Waals surface area contributed by atoms with Crippen LogP contribution in [-0.2, 0) is 6.54 Å². The standard InChI is InChI=1S/C33H30FN5O/c34-26-12-15-29-25(20-26)22-38(32(35-29)24-6-2-1-3-7-24)27-13-10-23(11-14-27)21-37-18-16-28(17-19-37)39-31-9-5-4-8-30(31)36-33(39)40/h1-15,20,22,28,32H,16-19,21H2,(H,36,40). The van der Waals surface area contributed by atoms with Crippen LogP contribution in [0.3, 0.4) is 0 Å². The minimum absolute atomic E-state index is 0.0179. The summed E-state index contributed by atoms with van der Waals surface area (Å²) in [4.78, 5) is 25.2. The zero-order valence-electron chi connectivity index (χ0n) is 22.1. The number of para-hydroxylation sites is 2. The molecule has 200 valence electrons. The lowest BCUT2D eigenvalue weighted by molar-refractivity contribution is 0.180. The topological polar surface area (TPSA) is 56.6 Å². The van der Waals surface area contributed by atoms with Crippen LogP contribution in [0.5, 0.6) is 0 Å². The number of likely N-dealkylation sites (tertiary alicyclic amines) is 1. The number of H-pyrrole nitrogens is 1. The Morgan fingerprint density at radius 2 is 1.62 bits per heavy atom. The van der Waals surface area contributed by atoms with Crippen LogP contribution in [0.1, 0.15) is 36.2 Å². The minimum atomic E-state index is -0.267. The molecule has 0 radical (unpaired) electrons. The number of nitrogens with zero attached hydrogens (tertiary/aromatic N) is 4. The van der Waals surface area contributed by atoms with Gasteiger partial charge >= 0.3 is 5.69 Å². The summed E-state index contributed by atoms with van der Waals surface area (Å²) in [5, 5.41) is 1.56. The fourth-order valence-corrected chi connectivity index (χ4v) is 6.04. The molecule has 1 unspecified atom stereocenters. The highest BCUT2D eigenvalue weighted by atomic mass is 19.1. The molecular weight excluding hydrogens is 501 g/mol. The van der Waals surface area contributed by atoms with Crippen LogP contribution in [-0.4, -0.2) is 27.5 Å². The maximum atomic E-state index is 14.0. The number of imidazole rings is 1. The summed E-state index contributed by atoms with van der Waals surface area (Å²) in [6.45, 7) is 2.74. The van der Waals surface area contributed by atoms with Crippen LogP contribution in [0.2, 0.25) is 0 Å². The number of hydrogen-bond acceptors (Lipinski definition) is 4. The van der Waals surface area contributed by atoms with Crippen molar-refractivity contribution in [2.75, 3.05) is 18.0 Å². The molecule has 0 saturated carbocycles. The highest BCUT2D eigenvalue weighted by molar-refractivity contribution is 5.75. The maximum absolute atomic E-state index is 14.0. The van der Waals surface area contributed by atoms with E-state index in [0.717, 1.165) is 65.3 Å². The van der Waals surface area contributed by atoms with Gasteiger partial charge in [0.1, 0.15) is 5.82 Å². The van der Waals surface area contributed by atoms with Crippen molar-refractivity contribution < 1.29 is 4.39 Å². The number of hydrogen-bond donors (Lipinski definition) is 1. The Hall–Kier alpha value is -4.49. The lowest BCUT2D eigenvalue weighted by Crippen LogP contribution is -2.38. The van der Waals surface area contributed by atoms with Gasteiger partial charge in [-0.15, -0.1) is 0 Å². The summed E-state index contributed by atoms with van der Waals surface area (Å²) in [5.41, 5.74) is 5.20. The van der Waals surface area contributed by atoms with E-state index >= 15 is 0 Å². The summed E-state index contributed by atoms with van der Waals surface area (Å²) in [6, 6.07) is 31.7. The first-order chi connectivity index (χ1) is 19.6. The number of aromatic nitrogens is 2. The number of halogens is 1. The fourth-order valence-electron chi connectivity index (χ4n) is 6.04. The van der Waals surface area contributed by atoms with Gasteiger partial charge in [-0.3, -0.25) is 14.5 Å². The monoisotopic (exact) mass is 531 g/mol. The van der Waals surface area contributed by atoms with Crippen LogP contribution < -0.4 is 21.2 Å². The van der Waals surface area contributed by atoms with Gasteiger partial charge in [0, 0.05) is 42.8 Å². The molecule has 0 amide bonds. The second-order valence-electron chi connectivity index (χ2n) is 10.6. The van der Waals surface area contributed by atoms with Crippen LogP contribution in [0, 0.1) is 5.82 Å². The van der Waals surface area contributed by atoms with Gasteiger partial charge in [-0.2, -0.15) is 0 Å². The van der Waals surface area contributed by atoms with Gasteiger partial charge < -0.3 is 9.88 Å². The molecule has 40 heavy (non-hydrogen) atoms. The van der Waals surface area contributed by atoms with E-state index < -0.39 is 0 Å². The molecule has 1 aromatic heterocycles. The molecule has 1 atom stereocenters. The number of fused-ring (bicyclic) bond motifs is 2. The molecule has 2 aliphatic heterocycles. The van der Waals surface area contributed by atoms with Crippen LogP contribution >= 0.6 is 0 Å². The summed E-state index contributed by atoms with van der Waals surface area (Å²) < 4.78 is 15.9. The maximum Gasteiger partial charge on any atom is 0.326 e. The number of anilines is 1. The van der Waals surface area contributed by atoms with Crippen molar-refractivity contribution in [2.45, 2.75) is 31.6 Å². The van der Waals surface area contributed by atoms with E-state index in [9.17, 15) is 9.18 Å². The lowest BCUT2D eigenvalue weighted by atomic mass is 10.0. The first-order valence-electron chi connectivity index (χ1n) is 13.8. The summed E-state index contributed by atoms with van der Waals surface area (Å²) in [7, 11) is 0. The first kappa shape index (κ1) is 24.5. The van der Waals surface area contributed by atoms with E-state index in [1.165, 1.54) is 17.7 Å². The number of piperidine rings is 1. The van der Waals surface area contributed by atoms with Gasteiger partial charge in [0.05, 0.1) is 16.4 Å². The molecular formula is C33H30FN5O. The van der Waals surface area contributed by atoms with Crippen molar-refractivity contribution in [2.24, 2.45) is 4.99 Å². The molecule has 0 aliphatic carbocycles. The molecule has 1 fully saturated rings. The molecule has 2 aliphatic rings. The van der Waals surface area contributed by atoms with E-state index in [2.05, 4.69) is 51.2 Å². The molecule has 7 heteroatoms. The van der Waals surface area contributed by atoms with Crippen molar-refractivity contribution in [3.05, 3.63) is 135 Å². The molecule has 1 saturated heterocycles. The molecule has 5 aromatic rings. The minimum Gasteiger partial charge on any atom is -0.321 e. The summed E-state index contributed by atoms with van der Waals surface area (Å²) in [6.07, 6.45) is 3.66. The van der Waals surface area contributed by atoms with E-state index in [-0.39, 0.29) is 23.7 Å². The molecule has 4 aromatic carbocycles. The Balaban J connectivity index is 1.08. The Morgan fingerprint density at radius 3 is 2.42 bits per heavy atom. The van der Waals surface area contributed by atoms with Gasteiger partial charge in [-0.25, -0.2) is 9.18 Å². The highest BCUT2D eigenvalue weighted by Gasteiger charge is 2.24. The van der Waals surface area contributed by atoms with E-state index in [1.54, 1.807) is 6.07 Å². The van der Waals surface area contributed by atoms with Gasteiger partial charge in [-0.05, 0) is 66.4 Å². The third-order valence-electron chi connectivity index (χ3n) is 8.08. The van der Waals surface area contributed by atoms with E-state index in [0.29, 0.717) is 0 Å². The van der Waals surface area contributed by atoms with Crippen LogP contribution in [0.25, 0.3) is 17.2 Å². The summed E-state index contributed by atoms with van der Waals surface area (Å²) in [5.74, 6) is -0.267. The molecule has 6 nitrogen and oxygen atoms in total. The van der Waals surface area contributed by atoms with Gasteiger partial charge in [0.2, 0.25) is 0 Å². The Morgan fingerprint density at radius 1 is 0.875 bits per heavy atom. The molecule has 1 N–H and O–H groups in total. The van der Waals surface area contributed by atoms with Crippen molar-refractivity contribution in [1.82, 2.24) is 14.5 Å². The van der Waals surface area contributed by atoms with E-state index in [4.69, 9.17) is 4.99 Å². The smallest absolute Gasteiger partial charge is 0.321 e. The van der Waals surface area contributed by atoms with Crippen molar-refractivity contribution in [3.63, 3.8) is 0 Å². The van der Waals surface area contributed by atoms with Gasteiger partial charge in [0.15, 0.2) is 6.17 Å². The Labute approximate surface area is 231 Å². The molecule has 7 rings (SSSR count). The van der Waals surface area contributed by atoms with Crippen LogP contribution in [0.4, 0.5) is 10.1 Å². The zero-order valence-corrected chi connectivity index (χ0v) is 22.1.